The van der Waals surface area contributed by atoms with Gasteiger partial charge in [-0.2, -0.15) is 0 Å². The van der Waals surface area contributed by atoms with Crippen molar-refractivity contribution in [3.05, 3.63) is 0 Å². The van der Waals surface area contributed by atoms with E-state index in [0.29, 0.717) is 12.8 Å². The van der Waals surface area contributed by atoms with Crippen LogP contribution in [0.4, 0.5) is 0 Å². The third kappa shape index (κ3) is 5.66. The smallest absolute Gasteiger partial charge is 0.347 e. The van der Waals surface area contributed by atoms with E-state index in [0.717, 1.165) is 6.42 Å². The topological polar surface area (TPSA) is 89.9 Å². The van der Waals surface area contributed by atoms with Gasteiger partial charge >= 0.3 is 17.9 Å². The Labute approximate surface area is 131 Å². The number of hydrogen-bond donors (Lipinski definition) is 1. The van der Waals surface area contributed by atoms with E-state index in [9.17, 15) is 14.4 Å². The number of carbonyl (C=O) groups excluding carboxylic acids is 2. The van der Waals surface area contributed by atoms with E-state index < -0.39 is 29.9 Å². The largest absolute Gasteiger partial charge is 0.481 e. The summed E-state index contributed by atoms with van der Waals surface area (Å²) < 4.78 is 10.1. The number of ether oxygens (including phenoxy) is 2. The van der Waals surface area contributed by atoms with Gasteiger partial charge in [0, 0.05) is 6.42 Å². The summed E-state index contributed by atoms with van der Waals surface area (Å²) in [6.45, 7) is 7.94. The number of esters is 2. The number of carboxylic acid groups (broad SMARTS) is 1. The fraction of sp³-hybridized carbons (Fsp3) is 0.812. The molecule has 0 spiro atoms. The molecule has 3 atom stereocenters. The van der Waals surface area contributed by atoms with Crippen molar-refractivity contribution in [1.82, 2.24) is 0 Å². The molecule has 0 aliphatic carbocycles. The first-order valence-corrected chi connectivity index (χ1v) is 7.74. The van der Waals surface area contributed by atoms with Crippen LogP contribution < -0.4 is 0 Å². The molecule has 0 aromatic rings. The summed E-state index contributed by atoms with van der Waals surface area (Å²) in [5.74, 6) is -3.25. The normalized spacial score (nSPS) is 23.5. The molecule has 6 nitrogen and oxygen atoms in total. The standard InChI is InChI=1S/C16H26O6/c1-5-6-10(8-16(2,3)4)14(19)22-12-7-11(13(17)18)9-21-15(12)20/h10-12H,5-9H2,1-4H3,(H,17,18). The number of cyclic esters (lactones) is 1. The van der Waals surface area contributed by atoms with Crippen molar-refractivity contribution < 1.29 is 29.0 Å². The Balaban J connectivity index is 2.70. The van der Waals surface area contributed by atoms with Crippen molar-refractivity contribution >= 4 is 17.9 Å². The molecule has 1 aliphatic rings. The molecule has 126 valence electrons. The second kappa shape index (κ2) is 7.61. The summed E-state index contributed by atoms with van der Waals surface area (Å²) in [7, 11) is 0. The van der Waals surface area contributed by atoms with E-state index in [1.54, 1.807) is 0 Å². The van der Waals surface area contributed by atoms with E-state index in [1.807, 2.05) is 27.7 Å². The minimum absolute atomic E-state index is 0.0196. The quantitative estimate of drug-likeness (QED) is 0.757. The Hall–Kier alpha value is -1.59. The fourth-order valence-electron chi connectivity index (χ4n) is 2.59. The number of carboxylic acids is 1. The van der Waals surface area contributed by atoms with Gasteiger partial charge < -0.3 is 14.6 Å². The first kappa shape index (κ1) is 18.5. The maximum atomic E-state index is 12.3. The lowest BCUT2D eigenvalue weighted by atomic mass is 9.83. The highest BCUT2D eigenvalue weighted by Crippen LogP contribution is 2.29. The molecule has 1 heterocycles. The number of carbonyl (C=O) groups is 3. The lowest BCUT2D eigenvalue weighted by Crippen LogP contribution is -2.41. The van der Waals surface area contributed by atoms with Crippen LogP contribution in [0.15, 0.2) is 0 Å². The van der Waals surface area contributed by atoms with Gasteiger partial charge in [0.1, 0.15) is 6.61 Å². The van der Waals surface area contributed by atoms with Crippen LogP contribution in [0.1, 0.15) is 53.4 Å². The van der Waals surface area contributed by atoms with Crippen LogP contribution in [-0.2, 0) is 23.9 Å². The second-order valence-electron chi connectivity index (χ2n) is 7.08. The molecule has 6 heteroatoms. The van der Waals surface area contributed by atoms with Crippen molar-refractivity contribution in [2.24, 2.45) is 17.3 Å². The predicted molar refractivity (Wildman–Crippen MR) is 79.1 cm³/mol. The molecule has 0 aromatic heterocycles. The SMILES string of the molecule is CCCC(CC(C)(C)C)C(=O)OC1CC(C(=O)O)COC1=O. The van der Waals surface area contributed by atoms with Crippen molar-refractivity contribution in [3.8, 4) is 0 Å². The van der Waals surface area contributed by atoms with Crippen LogP contribution >= 0.6 is 0 Å². The highest BCUT2D eigenvalue weighted by atomic mass is 16.6. The van der Waals surface area contributed by atoms with Gasteiger partial charge in [-0.1, -0.05) is 34.1 Å². The van der Waals surface area contributed by atoms with Gasteiger partial charge in [-0.25, -0.2) is 4.79 Å². The highest BCUT2D eigenvalue weighted by Gasteiger charge is 2.38. The summed E-state index contributed by atoms with van der Waals surface area (Å²) in [5.41, 5.74) is -0.0322. The summed E-state index contributed by atoms with van der Waals surface area (Å²) >= 11 is 0. The maximum Gasteiger partial charge on any atom is 0.347 e. The van der Waals surface area contributed by atoms with E-state index in [1.165, 1.54) is 0 Å². The number of aliphatic carboxylic acids is 1. The van der Waals surface area contributed by atoms with Gasteiger partial charge in [-0.05, 0) is 18.3 Å². The Morgan fingerprint density at radius 2 is 2.05 bits per heavy atom. The van der Waals surface area contributed by atoms with E-state index in [4.69, 9.17) is 14.6 Å². The van der Waals surface area contributed by atoms with Crippen molar-refractivity contribution in [2.75, 3.05) is 6.61 Å². The minimum atomic E-state index is -1.11. The summed E-state index contributed by atoms with van der Waals surface area (Å²) in [6, 6.07) is 0. The Morgan fingerprint density at radius 3 is 2.55 bits per heavy atom. The third-order valence-electron chi connectivity index (χ3n) is 3.63. The van der Waals surface area contributed by atoms with Gasteiger partial charge in [-0.3, -0.25) is 9.59 Å². The van der Waals surface area contributed by atoms with Gasteiger partial charge in [0.05, 0.1) is 11.8 Å². The highest BCUT2D eigenvalue weighted by molar-refractivity contribution is 5.82. The van der Waals surface area contributed by atoms with Crippen molar-refractivity contribution in [3.63, 3.8) is 0 Å². The van der Waals surface area contributed by atoms with Crippen LogP contribution in [0, 0.1) is 17.3 Å². The lowest BCUT2D eigenvalue weighted by molar-refractivity contribution is -0.182. The van der Waals surface area contributed by atoms with E-state index in [2.05, 4.69) is 0 Å². The van der Waals surface area contributed by atoms with Crippen LogP contribution in [0.2, 0.25) is 0 Å². The second-order valence-corrected chi connectivity index (χ2v) is 7.08. The third-order valence-corrected chi connectivity index (χ3v) is 3.63. The molecule has 1 aliphatic heterocycles. The number of hydrogen-bond acceptors (Lipinski definition) is 5. The van der Waals surface area contributed by atoms with Crippen LogP contribution in [0.3, 0.4) is 0 Å². The minimum Gasteiger partial charge on any atom is -0.481 e. The van der Waals surface area contributed by atoms with Gasteiger partial charge in [0.25, 0.3) is 0 Å². The molecule has 0 radical (unpaired) electrons. The Morgan fingerprint density at radius 1 is 1.41 bits per heavy atom. The van der Waals surface area contributed by atoms with Crippen molar-refractivity contribution in [1.29, 1.82) is 0 Å². The van der Waals surface area contributed by atoms with Crippen LogP contribution in [0.5, 0.6) is 0 Å². The molecule has 1 rings (SSSR count). The molecule has 0 bridgehead atoms. The summed E-state index contributed by atoms with van der Waals surface area (Å²) in [5, 5.41) is 8.99. The van der Waals surface area contributed by atoms with Gasteiger partial charge in [-0.15, -0.1) is 0 Å². The van der Waals surface area contributed by atoms with Gasteiger partial charge in [0.15, 0.2) is 6.10 Å². The van der Waals surface area contributed by atoms with Gasteiger partial charge in [0.2, 0.25) is 0 Å². The predicted octanol–water partition coefficient (Wildman–Crippen LogP) is 2.40. The molecule has 22 heavy (non-hydrogen) atoms. The average molecular weight is 314 g/mol. The average Bonchev–Trinajstić information content (AvgIpc) is 2.39. The van der Waals surface area contributed by atoms with Crippen molar-refractivity contribution in [2.45, 2.75) is 59.5 Å². The first-order valence-electron chi connectivity index (χ1n) is 7.74. The molecule has 1 saturated heterocycles. The molecule has 3 unspecified atom stereocenters. The lowest BCUT2D eigenvalue weighted by Gasteiger charge is -2.29. The Kier molecular flexibility index (Phi) is 6.38. The fourth-order valence-corrected chi connectivity index (χ4v) is 2.59. The molecule has 0 aromatic carbocycles. The van der Waals surface area contributed by atoms with Crippen LogP contribution in [-0.4, -0.2) is 35.7 Å². The molecule has 0 saturated carbocycles. The van der Waals surface area contributed by atoms with E-state index >= 15 is 0 Å². The molecule has 0 amide bonds. The monoisotopic (exact) mass is 314 g/mol. The number of rotatable bonds is 6. The Bertz CT molecular complexity index is 423. The zero-order chi connectivity index (χ0) is 16.9. The molecule has 1 N–H and O–H groups in total. The maximum absolute atomic E-state index is 12.3. The zero-order valence-corrected chi connectivity index (χ0v) is 13.8. The zero-order valence-electron chi connectivity index (χ0n) is 13.8. The molecular weight excluding hydrogens is 288 g/mol. The summed E-state index contributed by atoms with van der Waals surface area (Å²) in [4.78, 5) is 35.0. The molecule has 1 fully saturated rings. The van der Waals surface area contributed by atoms with E-state index in [-0.39, 0.29) is 24.4 Å². The van der Waals surface area contributed by atoms with Crippen LogP contribution in [0.25, 0.3) is 0 Å². The first-order chi connectivity index (χ1) is 10.1. The summed E-state index contributed by atoms with van der Waals surface area (Å²) in [6.07, 6.45) is 1.04. The molecular formula is C16H26O6.